The van der Waals surface area contributed by atoms with E-state index >= 15 is 0 Å². The third-order valence-electron chi connectivity index (χ3n) is 3.63. The third kappa shape index (κ3) is 3.41. The molecule has 114 valence electrons. The Kier molecular flexibility index (Phi) is 4.52. The zero-order chi connectivity index (χ0) is 14.8. The molecule has 1 unspecified atom stereocenters. The Morgan fingerprint density at radius 1 is 1.15 bits per heavy atom. The van der Waals surface area contributed by atoms with Crippen LogP contribution in [0.4, 0.5) is 13.2 Å². The van der Waals surface area contributed by atoms with Gasteiger partial charge in [-0.3, -0.25) is 9.59 Å². The van der Waals surface area contributed by atoms with Crippen LogP contribution < -0.4 is 5.32 Å². The standard InChI is InChI=1S/C12H17F3N2O3/c13-12(14,15)11(19)17-5-1-2-9(17)10(18)16-8-3-6-20-7-4-8/h8-9H,1-7H2,(H,16,18). The van der Waals surface area contributed by atoms with Gasteiger partial charge in [0.25, 0.3) is 0 Å². The molecule has 1 atom stereocenters. The number of hydrogen-bond donors (Lipinski definition) is 1. The maximum Gasteiger partial charge on any atom is 0.471 e. The van der Waals surface area contributed by atoms with E-state index in [1.165, 1.54) is 0 Å². The molecule has 20 heavy (non-hydrogen) atoms. The van der Waals surface area contributed by atoms with Crippen molar-refractivity contribution in [1.29, 1.82) is 0 Å². The lowest BCUT2D eigenvalue weighted by Crippen LogP contribution is -2.52. The number of nitrogens with one attached hydrogen (secondary N) is 1. The van der Waals surface area contributed by atoms with Crippen LogP contribution in [0.15, 0.2) is 0 Å². The number of ether oxygens (including phenoxy) is 1. The molecule has 0 aromatic heterocycles. The summed E-state index contributed by atoms with van der Waals surface area (Å²) in [4.78, 5) is 24.0. The van der Waals surface area contributed by atoms with Crippen molar-refractivity contribution >= 4 is 11.8 Å². The van der Waals surface area contributed by atoms with Crippen molar-refractivity contribution in [3.8, 4) is 0 Å². The van der Waals surface area contributed by atoms with E-state index in [0.717, 1.165) is 0 Å². The van der Waals surface area contributed by atoms with Crippen LogP contribution in [0.1, 0.15) is 25.7 Å². The number of amides is 2. The number of likely N-dealkylation sites (tertiary alicyclic amines) is 1. The molecule has 2 saturated heterocycles. The molecule has 0 aromatic carbocycles. The van der Waals surface area contributed by atoms with Crippen LogP contribution in [0, 0.1) is 0 Å². The number of carbonyl (C=O) groups excluding carboxylic acids is 2. The van der Waals surface area contributed by atoms with Gasteiger partial charge in [-0.15, -0.1) is 0 Å². The normalized spacial score (nSPS) is 24.8. The molecule has 2 aliphatic heterocycles. The predicted molar refractivity (Wildman–Crippen MR) is 62.8 cm³/mol. The number of rotatable bonds is 2. The average molecular weight is 294 g/mol. The molecular weight excluding hydrogens is 277 g/mol. The Morgan fingerprint density at radius 3 is 2.40 bits per heavy atom. The van der Waals surface area contributed by atoms with Crippen molar-refractivity contribution in [2.45, 2.75) is 43.9 Å². The zero-order valence-electron chi connectivity index (χ0n) is 10.9. The van der Waals surface area contributed by atoms with Crippen molar-refractivity contribution in [1.82, 2.24) is 10.2 Å². The Labute approximate surface area is 114 Å². The maximum atomic E-state index is 12.5. The van der Waals surface area contributed by atoms with Gasteiger partial charge >= 0.3 is 12.1 Å². The van der Waals surface area contributed by atoms with E-state index in [9.17, 15) is 22.8 Å². The van der Waals surface area contributed by atoms with Crippen LogP contribution in [0.2, 0.25) is 0 Å². The summed E-state index contributed by atoms with van der Waals surface area (Å²) in [7, 11) is 0. The molecule has 2 heterocycles. The van der Waals surface area contributed by atoms with Crippen molar-refractivity contribution < 1.29 is 27.5 Å². The second-order valence-corrected chi connectivity index (χ2v) is 5.05. The SMILES string of the molecule is O=C(NC1CCOCC1)C1CCCN1C(=O)C(F)(F)F. The number of halogens is 3. The monoisotopic (exact) mass is 294 g/mol. The smallest absolute Gasteiger partial charge is 0.381 e. The van der Waals surface area contributed by atoms with E-state index in [-0.39, 0.29) is 19.0 Å². The van der Waals surface area contributed by atoms with Crippen molar-refractivity contribution in [3.63, 3.8) is 0 Å². The van der Waals surface area contributed by atoms with E-state index in [2.05, 4.69) is 5.32 Å². The summed E-state index contributed by atoms with van der Waals surface area (Å²) in [6.07, 6.45) is -2.95. The van der Waals surface area contributed by atoms with Gasteiger partial charge < -0.3 is 15.0 Å². The van der Waals surface area contributed by atoms with Crippen LogP contribution >= 0.6 is 0 Å². The van der Waals surface area contributed by atoms with Crippen LogP contribution in [0.25, 0.3) is 0 Å². The second-order valence-electron chi connectivity index (χ2n) is 5.05. The first-order valence-electron chi connectivity index (χ1n) is 6.65. The van der Waals surface area contributed by atoms with E-state index < -0.39 is 24.0 Å². The molecule has 5 nitrogen and oxygen atoms in total. The summed E-state index contributed by atoms with van der Waals surface area (Å²) in [6.45, 7) is 1.03. The molecule has 0 bridgehead atoms. The molecule has 1 N–H and O–H groups in total. The number of carbonyl (C=O) groups is 2. The number of nitrogens with zero attached hydrogens (tertiary/aromatic N) is 1. The minimum Gasteiger partial charge on any atom is -0.381 e. The summed E-state index contributed by atoms with van der Waals surface area (Å²) in [5.41, 5.74) is 0. The molecular formula is C12H17F3N2O3. The highest BCUT2D eigenvalue weighted by Gasteiger charge is 2.47. The molecule has 2 amide bonds. The van der Waals surface area contributed by atoms with Crippen molar-refractivity contribution in [3.05, 3.63) is 0 Å². The van der Waals surface area contributed by atoms with E-state index in [0.29, 0.717) is 37.4 Å². The van der Waals surface area contributed by atoms with Gasteiger partial charge in [0.05, 0.1) is 0 Å². The molecule has 0 aromatic rings. The summed E-state index contributed by atoms with van der Waals surface area (Å²) in [6, 6.07) is -1.09. The fraction of sp³-hybridized carbons (Fsp3) is 0.833. The Bertz CT molecular complexity index is 381. The van der Waals surface area contributed by atoms with Gasteiger partial charge in [-0.25, -0.2) is 0 Å². The first-order chi connectivity index (χ1) is 9.39. The second kappa shape index (κ2) is 5.99. The van der Waals surface area contributed by atoms with Crippen molar-refractivity contribution in [2.24, 2.45) is 0 Å². The van der Waals surface area contributed by atoms with E-state index in [4.69, 9.17) is 4.74 Å². The highest BCUT2D eigenvalue weighted by atomic mass is 19.4. The van der Waals surface area contributed by atoms with Gasteiger partial charge in [0, 0.05) is 25.8 Å². The highest BCUT2D eigenvalue weighted by Crippen LogP contribution is 2.26. The summed E-state index contributed by atoms with van der Waals surface area (Å²) >= 11 is 0. The lowest BCUT2D eigenvalue weighted by atomic mass is 10.1. The summed E-state index contributed by atoms with van der Waals surface area (Å²) in [5.74, 6) is -2.42. The lowest BCUT2D eigenvalue weighted by Gasteiger charge is -2.28. The first kappa shape index (κ1) is 15.1. The number of alkyl halides is 3. The molecule has 2 aliphatic rings. The highest BCUT2D eigenvalue weighted by molar-refractivity contribution is 5.90. The first-order valence-corrected chi connectivity index (χ1v) is 6.65. The maximum absolute atomic E-state index is 12.5. The predicted octanol–water partition coefficient (Wildman–Crippen LogP) is 0.835. The van der Waals surface area contributed by atoms with Gasteiger partial charge in [-0.2, -0.15) is 13.2 Å². The summed E-state index contributed by atoms with van der Waals surface area (Å²) < 4.78 is 42.5. The topological polar surface area (TPSA) is 58.6 Å². The van der Waals surface area contributed by atoms with Gasteiger partial charge in [0.2, 0.25) is 5.91 Å². The summed E-state index contributed by atoms with van der Waals surface area (Å²) in [5, 5.41) is 2.72. The average Bonchev–Trinajstić information content (AvgIpc) is 2.87. The van der Waals surface area contributed by atoms with Gasteiger partial charge in [0.1, 0.15) is 6.04 Å². The Hall–Kier alpha value is -1.31. The van der Waals surface area contributed by atoms with Crippen molar-refractivity contribution in [2.75, 3.05) is 19.8 Å². The fourth-order valence-electron chi connectivity index (χ4n) is 2.58. The molecule has 2 fully saturated rings. The Morgan fingerprint density at radius 2 is 1.80 bits per heavy atom. The van der Waals surface area contributed by atoms with E-state index in [1.54, 1.807) is 0 Å². The van der Waals surface area contributed by atoms with Crippen LogP contribution in [-0.2, 0) is 14.3 Å². The van der Waals surface area contributed by atoms with Gasteiger partial charge in [-0.05, 0) is 25.7 Å². The quantitative estimate of drug-likeness (QED) is 0.821. The third-order valence-corrected chi connectivity index (χ3v) is 3.63. The van der Waals surface area contributed by atoms with Gasteiger partial charge in [0.15, 0.2) is 0 Å². The van der Waals surface area contributed by atoms with Crippen LogP contribution in [0.3, 0.4) is 0 Å². The molecule has 2 rings (SSSR count). The molecule has 0 radical (unpaired) electrons. The zero-order valence-corrected chi connectivity index (χ0v) is 10.9. The van der Waals surface area contributed by atoms with Crippen LogP contribution in [-0.4, -0.2) is 54.7 Å². The largest absolute Gasteiger partial charge is 0.471 e. The molecule has 0 spiro atoms. The lowest BCUT2D eigenvalue weighted by molar-refractivity contribution is -0.186. The Balaban J connectivity index is 1.95. The fourth-order valence-corrected chi connectivity index (χ4v) is 2.58. The minimum absolute atomic E-state index is 0.0236. The minimum atomic E-state index is -4.93. The van der Waals surface area contributed by atoms with Crippen LogP contribution in [0.5, 0.6) is 0 Å². The molecule has 8 heteroatoms. The molecule has 0 aliphatic carbocycles. The van der Waals surface area contributed by atoms with E-state index in [1.807, 2.05) is 0 Å². The van der Waals surface area contributed by atoms with Gasteiger partial charge in [-0.1, -0.05) is 0 Å². The number of hydrogen-bond acceptors (Lipinski definition) is 3. The molecule has 0 saturated carbocycles.